The number of alkyl halides is 4. The van der Waals surface area contributed by atoms with Crippen molar-refractivity contribution in [2.24, 2.45) is 0 Å². The van der Waals surface area contributed by atoms with Crippen LogP contribution in [0.4, 0.5) is 17.6 Å². The Morgan fingerprint density at radius 3 is 1.97 bits per heavy atom. The van der Waals surface area contributed by atoms with E-state index in [2.05, 4.69) is 20.8 Å². The second-order valence-electron chi connectivity index (χ2n) is 7.11. The summed E-state index contributed by atoms with van der Waals surface area (Å²) < 4.78 is 86.8. The second-order valence-corrected chi connectivity index (χ2v) is 7.11. The van der Waals surface area contributed by atoms with Crippen molar-refractivity contribution in [1.82, 2.24) is 0 Å². The Morgan fingerprint density at radius 1 is 0.771 bits per heavy atom. The molecule has 206 valence electrons. The Hall–Kier alpha value is -1.41. The quantitative estimate of drug-likeness (QED) is 0.0795. The van der Waals surface area contributed by atoms with Crippen LogP contribution in [0.2, 0.25) is 0 Å². The van der Waals surface area contributed by atoms with Crippen LogP contribution in [0.25, 0.3) is 0 Å². The van der Waals surface area contributed by atoms with Gasteiger partial charge in [0.15, 0.2) is 0 Å². The minimum atomic E-state index is -4.32. The zero-order valence-corrected chi connectivity index (χ0v) is 19.5. The monoisotopic (exact) mass is 521 g/mol. The molecule has 2 unspecified atom stereocenters. The zero-order chi connectivity index (χ0) is 26.4. The fourth-order valence-corrected chi connectivity index (χ4v) is 2.20. The van der Waals surface area contributed by atoms with E-state index in [9.17, 15) is 27.8 Å². The average molecular weight is 522 g/mol. The topological polar surface area (TPSA) is 129 Å². The molecule has 0 aliphatic carbocycles. The molecule has 0 fully saturated rings. The molecule has 0 aromatic carbocycles. The molecule has 0 amide bonds. The van der Waals surface area contributed by atoms with Crippen LogP contribution < -0.4 is 0 Å². The van der Waals surface area contributed by atoms with Crippen LogP contribution in [0.3, 0.4) is 0 Å². The lowest BCUT2D eigenvalue weighted by atomic mass is 10.3. The van der Waals surface area contributed by atoms with Crippen LogP contribution in [-0.4, -0.2) is 107 Å². The molecule has 0 spiro atoms. The molecule has 0 saturated heterocycles. The number of nitrogens with zero attached hydrogens (tertiary/aromatic N) is 1. The van der Waals surface area contributed by atoms with E-state index in [-0.39, 0.29) is 59.1 Å². The molecule has 0 aromatic rings. The van der Waals surface area contributed by atoms with E-state index in [0.717, 1.165) is 0 Å². The van der Waals surface area contributed by atoms with E-state index < -0.39 is 51.0 Å². The van der Waals surface area contributed by atoms with E-state index in [1.807, 2.05) is 6.07 Å². The van der Waals surface area contributed by atoms with Gasteiger partial charge in [-0.25, -0.2) is 0 Å². The summed E-state index contributed by atoms with van der Waals surface area (Å²) in [7, 11) is 0. The van der Waals surface area contributed by atoms with Crippen molar-refractivity contribution in [3.63, 3.8) is 0 Å². The van der Waals surface area contributed by atoms with Gasteiger partial charge in [0, 0.05) is 13.2 Å². The largest absolute Gasteiger partial charge is 0.391 e. The Balaban J connectivity index is 3.79. The molecule has 0 radical (unpaired) electrons. The third-order valence-corrected chi connectivity index (χ3v) is 3.78. The summed E-state index contributed by atoms with van der Waals surface area (Å²) in [5.41, 5.74) is 0. The molecule has 0 heterocycles. The Morgan fingerprint density at radius 2 is 1.34 bits per heavy atom. The molecule has 0 aliphatic heterocycles. The summed E-state index contributed by atoms with van der Waals surface area (Å²) in [6.07, 6.45) is -8.35. The molecule has 35 heavy (non-hydrogen) atoms. The van der Waals surface area contributed by atoms with Gasteiger partial charge in [-0.15, -0.1) is 6.58 Å². The first kappa shape index (κ1) is 33.6. The summed E-state index contributed by atoms with van der Waals surface area (Å²) in [6.45, 7) is 0.258. The highest BCUT2D eigenvalue weighted by Gasteiger charge is 2.44. The van der Waals surface area contributed by atoms with Gasteiger partial charge in [0.2, 0.25) is 0 Å². The molecule has 14 heteroatoms. The van der Waals surface area contributed by atoms with Gasteiger partial charge in [0.1, 0.15) is 20.0 Å². The minimum absolute atomic E-state index is 0.00495. The van der Waals surface area contributed by atoms with Crippen molar-refractivity contribution in [2.45, 2.75) is 43.7 Å². The van der Waals surface area contributed by atoms with Gasteiger partial charge in [-0.1, -0.05) is 6.08 Å². The van der Waals surface area contributed by atoms with Crippen LogP contribution in [0.1, 0.15) is 19.3 Å². The predicted molar refractivity (Wildman–Crippen MR) is 113 cm³/mol. The first-order valence-corrected chi connectivity index (χ1v) is 10.9. The maximum absolute atomic E-state index is 13.5. The number of hydrogen-bond donors (Lipinski definition) is 2. The van der Waals surface area contributed by atoms with Gasteiger partial charge in [-0.2, -0.15) is 22.8 Å². The second kappa shape index (κ2) is 20.7. The summed E-state index contributed by atoms with van der Waals surface area (Å²) in [5.74, 6) is 0. The summed E-state index contributed by atoms with van der Waals surface area (Å²) >= 11 is 0. The summed E-state index contributed by atoms with van der Waals surface area (Å²) in [6, 6.07) is 1.92. The lowest BCUT2D eigenvalue weighted by Crippen LogP contribution is -2.40. The smallest absolute Gasteiger partial charge is 0.383 e. The maximum Gasteiger partial charge on any atom is 0.383 e. The molecule has 0 rings (SSSR count). The number of rotatable bonds is 25. The van der Waals surface area contributed by atoms with E-state index >= 15 is 0 Å². The third-order valence-electron chi connectivity index (χ3n) is 3.78. The summed E-state index contributed by atoms with van der Waals surface area (Å²) in [5, 5.41) is 27.5. The first-order valence-electron chi connectivity index (χ1n) is 10.9. The van der Waals surface area contributed by atoms with E-state index in [1.165, 1.54) is 6.08 Å². The van der Waals surface area contributed by atoms with Crippen molar-refractivity contribution in [3.05, 3.63) is 12.7 Å². The Bertz CT molecular complexity index is 567. The van der Waals surface area contributed by atoms with Crippen molar-refractivity contribution in [2.75, 3.05) is 72.9 Å². The molecule has 2 N–H and O–H groups in total. The van der Waals surface area contributed by atoms with Crippen molar-refractivity contribution >= 4 is 0 Å². The third kappa shape index (κ3) is 22.8. The van der Waals surface area contributed by atoms with Crippen LogP contribution in [0.15, 0.2) is 12.7 Å². The van der Waals surface area contributed by atoms with Crippen LogP contribution in [0, 0.1) is 11.3 Å². The average Bonchev–Trinajstić information content (AvgIpc) is 2.77. The molecule has 2 atom stereocenters. The van der Waals surface area contributed by atoms with E-state index in [0.29, 0.717) is 6.42 Å². The summed E-state index contributed by atoms with van der Waals surface area (Å²) in [4.78, 5) is 0. The first-order chi connectivity index (χ1) is 16.6. The Labute approximate surface area is 202 Å². The standard InChI is InChI=1S/C21H35F4NO9/c1-2-7-29-9-4-19(28)14-33-15-20(22,23)35-21(24,25)16-34-17-32-12-11-31-13-18(27)5-10-30-8-3-6-26/h2,18-19,27-28H,1,3-5,7-17H2. The van der Waals surface area contributed by atoms with Crippen LogP contribution in [0.5, 0.6) is 0 Å². The molecule has 10 nitrogen and oxygen atoms in total. The molecule has 0 aliphatic rings. The highest BCUT2D eigenvalue weighted by atomic mass is 19.3. The number of halogens is 4. The molecule has 0 bridgehead atoms. The highest BCUT2D eigenvalue weighted by Crippen LogP contribution is 2.27. The SMILES string of the molecule is C=CCOCCC(O)COCC(F)(F)OC(F)(F)COCOCCOCC(O)CCOCCC#N. The predicted octanol–water partition coefficient (Wildman–Crippen LogP) is 1.85. The number of ether oxygens (including phenoxy) is 7. The van der Waals surface area contributed by atoms with Crippen molar-refractivity contribution < 1.29 is 60.9 Å². The Kier molecular flexibility index (Phi) is 19.9. The van der Waals surface area contributed by atoms with Gasteiger partial charge >= 0.3 is 12.2 Å². The highest BCUT2D eigenvalue weighted by molar-refractivity contribution is 4.67. The van der Waals surface area contributed by atoms with Gasteiger partial charge < -0.3 is 38.6 Å². The van der Waals surface area contributed by atoms with Crippen LogP contribution >= 0.6 is 0 Å². The molecular weight excluding hydrogens is 486 g/mol. The van der Waals surface area contributed by atoms with Crippen molar-refractivity contribution in [1.29, 1.82) is 5.26 Å². The van der Waals surface area contributed by atoms with Gasteiger partial charge in [-0.05, 0) is 12.8 Å². The normalized spacial score (nSPS) is 14.0. The number of aliphatic hydroxyl groups is 2. The maximum atomic E-state index is 13.5. The van der Waals surface area contributed by atoms with Crippen molar-refractivity contribution in [3.8, 4) is 6.07 Å². The fourth-order valence-electron chi connectivity index (χ4n) is 2.20. The van der Waals surface area contributed by atoms with E-state index in [1.54, 1.807) is 0 Å². The van der Waals surface area contributed by atoms with Gasteiger partial charge in [-0.3, -0.25) is 4.74 Å². The lowest BCUT2D eigenvalue weighted by molar-refractivity contribution is -0.396. The molecule has 0 aromatic heterocycles. The van der Waals surface area contributed by atoms with E-state index in [4.69, 9.17) is 24.2 Å². The zero-order valence-electron chi connectivity index (χ0n) is 19.5. The molecular formula is C21H35F4NO9. The minimum Gasteiger partial charge on any atom is -0.391 e. The lowest BCUT2D eigenvalue weighted by Gasteiger charge is -2.24. The fraction of sp³-hybridized carbons (Fsp3) is 0.857. The molecule has 0 saturated carbocycles. The number of nitriles is 1. The van der Waals surface area contributed by atoms with Gasteiger partial charge in [0.25, 0.3) is 0 Å². The van der Waals surface area contributed by atoms with Crippen LogP contribution in [-0.2, 0) is 33.2 Å². The number of hydrogen-bond acceptors (Lipinski definition) is 10. The van der Waals surface area contributed by atoms with Gasteiger partial charge in [0.05, 0.1) is 64.3 Å². The number of aliphatic hydroxyl groups excluding tert-OH is 2.